The molecule has 3 aromatic carbocycles. The van der Waals surface area contributed by atoms with Gasteiger partial charge in [0, 0.05) is 24.5 Å². The molecule has 3 aromatic rings. The summed E-state index contributed by atoms with van der Waals surface area (Å²) in [4.78, 5) is 13.9. The average Bonchev–Trinajstić information content (AvgIpc) is 2.84. The first kappa shape index (κ1) is 27.3. The molecule has 0 spiro atoms. The molecule has 0 saturated carbocycles. The lowest BCUT2D eigenvalue weighted by Gasteiger charge is -2.25. The number of carboxylic acid groups (broad SMARTS) is 1. The molecule has 0 amide bonds. The van der Waals surface area contributed by atoms with E-state index in [1.165, 1.54) is 42.5 Å². The van der Waals surface area contributed by atoms with Crippen molar-refractivity contribution in [3.8, 4) is 0 Å². The Morgan fingerprint density at radius 3 is 2.12 bits per heavy atom. The fraction of sp³-hybridized carbons (Fsp3) is 0.345. The molecule has 34 heavy (non-hydrogen) atoms. The van der Waals surface area contributed by atoms with E-state index in [0.29, 0.717) is 5.69 Å². The molecule has 3 rings (SSSR count). The molecule has 0 aliphatic carbocycles. The zero-order valence-electron chi connectivity index (χ0n) is 20.3. The van der Waals surface area contributed by atoms with E-state index >= 15 is 0 Å². The van der Waals surface area contributed by atoms with E-state index < -0.39 is 5.97 Å². The van der Waals surface area contributed by atoms with Crippen LogP contribution in [0.5, 0.6) is 0 Å². The number of hydrogen-bond acceptors (Lipinski definition) is 3. The summed E-state index contributed by atoms with van der Waals surface area (Å²) in [6.07, 6.45) is 6.86. The molecule has 4 nitrogen and oxygen atoms in total. The second-order valence-corrected chi connectivity index (χ2v) is 8.54. The van der Waals surface area contributed by atoms with Gasteiger partial charge in [-0.05, 0) is 73.2 Å². The fourth-order valence-corrected chi connectivity index (χ4v) is 3.95. The first-order valence-electron chi connectivity index (χ1n) is 12.1. The largest absolute Gasteiger partial charge is 0.478 e. The zero-order chi connectivity index (χ0) is 23.5. The third kappa shape index (κ3) is 8.11. The topological polar surface area (TPSA) is 52.6 Å². The number of benzene rings is 3. The summed E-state index contributed by atoms with van der Waals surface area (Å²) in [7, 11) is 0. The minimum atomic E-state index is -0.931. The number of unbranched alkanes of at least 4 members (excludes halogenated alkanes) is 2. The van der Waals surface area contributed by atoms with Gasteiger partial charge in [-0.25, -0.2) is 4.79 Å². The minimum Gasteiger partial charge on any atom is -0.478 e. The zero-order valence-corrected chi connectivity index (χ0v) is 21.1. The lowest BCUT2D eigenvalue weighted by Crippen LogP contribution is -2.25. The van der Waals surface area contributed by atoms with Gasteiger partial charge in [0.25, 0.3) is 0 Å². The highest BCUT2D eigenvalue weighted by Gasteiger charge is 2.09. The smallest absolute Gasteiger partial charge is 0.337 e. The first-order valence-corrected chi connectivity index (χ1v) is 12.1. The number of aryl methyl sites for hydroxylation is 2. The van der Waals surface area contributed by atoms with Crippen LogP contribution in [0.4, 0.5) is 17.1 Å². The third-order valence-corrected chi connectivity index (χ3v) is 5.93. The van der Waals surface area contributed by atoms with Crippen LogP contribution in [0.2, 0.25) is 0 Å². The minimum absolute atomic E-state index is 0. The highest BCUT2D eigenvalue weighted by Crippen LogP contribution is 2.23. The Hall–Kier alpha value is -2.98. The summed E-state index contributed by atoms with van der Waals surface area (Å²) in [5.41, 5.74) is 5.73. The average molecular weight is 481 g/mol. The molecule has 0 heterocycles. The van der Waals surface area contributed by atoms with Gasteiger partial charge in [0.15, 0.2) is 0 Å². The summed E-state index contributed by atoms with van der Waals surface area (Å²) in [6.45, 7) is 6.75. The standard InChI is InChI=1S/C29H36N2O2.ClH/c1-3-5-20-31(21-6-4-2)26-11-9-10-24(22-26)15-14-23-16-18-25(19-17-23)30-28-13-8-7-12-27(28)29(32)33;/h7-13,16-19,22,30H,3-6,14-15,20-21H2,1-2H3,(H,32,33);1H. The van der Waals surface area contributed by atoms with Crippen molar-refractivity contribution < 1.29 is 9.90 Å². The molecule has 182 valence electrons. The molecule has 0 fully saturated rings. The van der Waals surface area contributed by atoms with Gasteiger partial charge in [-0.15, -0.1) is 12.4 Å². The van der Waals surface area contributed by atoms with E-state index in [0.717, 1.165) is 31.6 Å². The van der Waals surface area contributed by atoms with Gasteiger partial charge in [0.05, 0.1) is 11.3 Å². The van der Waals surface area contributed by atoms with Crippen molar-refractivity contribution in [2.24, 2.45) is 0 Å². The van der Waals surface area contributed by atoms with Gasteiger partial charge >= 0.3 is 5.97 Å². The van der Waals surface area contributed by atoms with Crippen LogP contribution in [-0.2, 0) is 12.8 Å². The van der Waals surface area contributed by atoms with Crippen molar-refractivity contribution in [2.75, 3.05) is 23.3 Å². The summed E-state index contributed by atoms with van der Waals surface area (Å²) in [6, 6.07) is 24.2. The predicted molar refractivity (Wildman–Crippen MR) is 146 cm³/mol. The Balaban J connectivity index is 0.00000408. The molecule has 0 unspecified atom stereocenters. The summed E-state index contributed by atoms with van der Waals surface area (Å²) >= 11 is 0. The van der Waals surface area contributed by atoms with E-state index in [1.807, 2.05) is 18.2 Å². The lowest BCUT2D eigenvalue weighted by atomic mass is 10.0. The van der Waals surface area contributed by atoms with E-state index in [9.17, 15) is 9.90 Å². The molecule has 0 aliphatic heterocycles. The Morgan fingerprint density at radius 2 is 1.47 bits per heavy atom. The Morgan fingerprint density at radius 1 is 0.824 bits per heavy atom. The number of halogens is 1. The number of aromatic carboxylic acids is 1. The molecule has 0 saturated heterocycles. The van der Waals surface area contributed by atoms with Crippen molar-refractivity contribution >= 4 is 35.4 Å². The van der Waals surface area contributed by atoms with Gasteiger partial charge in [-0.3, -0.25) is 0 Å². The maximum Gasteiger partial charge on any atom is 0.337 e. The van der Waals surface area contributed by atoms with Crippen LogP contribution in [0.25, 0.3) is 0 Å². The molecule has 0 aromatic heterocycles. The number of para-hydroxylation sites is 1. The van der Waals surface area contributed by atoms with Crippen LogP contribution in [-0.4, -0.2) is 24.2 Å². The van der Waals surface area contributed by atoms with Crippen molar-refractivity contribution in [3.05, 3.63) is 89.5 Å². The number of nitrogens with one attached hydrogen (secondary N) is 1. The third-order valence-electron chi connectivity index (χ3n) is 5.93. The quantitative estimate of drug-likeness (QED) is 0.262. The monoisotopic (exact) mass is 480 g/mol. The fourth-order valence-electron chi connectivity index (χ4n) is 3.95. The Labute approximate surface area is 210 Å². The summed E-state index contributed by atoms with van der Waals surface area (Å²) in [5, 5.41) is 12.6. The normalized spacial score (nSPS) is 10.4. The van der Waals surface area contributed by atoms with Gasteiger partial charge in [0.2, 0.25) is 0 Å². The highest BCUT2D eigenvalue weighted by molar-refractivity contribution is 5.95. The maximum absolute atomic E-state index is 11.4. The molecule has 0 aliphatic rings. The van der Waals surface area contributed by atoms with Gasteiger partial charge < -0.3 is 15.3 Å². The molecule has 0 atom stereocenters. The molecular formula is C29H37ClN2O2. The van der Waals surface area contributed by atoms with Crippen LogP contribution in [0.15, 0.2) is 72.8 Å². The van der Waals surface area contributed by atoms with Gasteiger partial charge in [-0.2, -0.15) is 0 Å². The molecule has 0 bridgehead atoms. The second-order valence-electron chi connectivity index (χ2n) is 8.54. The van der Waals surface area contributed by atoms with Gasteiger partial charge in [-0.1, -0.05) is 63.1 Å². The van der Waals surface area contributed by atoms with Crippen molar-refractivity contribution in [2.45, 2.75) is 52.4 Å². The maximum atomic E-state index is 11.4. The van der Waals surface area contributed by atoms with Crippen molar-refractivity contribution in [1.82, 2.24) is 0 Å². The van der Waals surface area contributed by atoms with Crippen LogP contribution in [0.1, 0.15) is 61.0 Å². The van der Waals surface area contributed by atoms with Crippen LogP contribution in [0, 0.1) is 0 Å². The summed E-state index contributed by atoms with van der Waals surface area (Å²) in [5.74, 6) is -0.931. The summed E-state index contributed by atoms with van der Waals surface area (Å²) < 4.78 is 0. The number of carbonyl (C=O) groups is 1. The Kier molecular flexibility index (Phi) is 11.5. The van der Waals surface area contributed by atoms with Crippen LogP contribution in [0.3, 0.4) is 0 Å². The Bertz CT molecular complexity index is 1010. The van der Waals surface area contributed by atoms with E-state index in [-0.39, 0.29) is 18.0 Å². The van der Waals surface area contributed by atoms with E-state index in [4.69, 9.17) is 0 Å². The lowest BCUT2D eigenvalue weighted by molar-refractivity contribution is 0.0698. The molecule has 2 N–H and O–H groups in total. The number of hydrogen-bond donors (Lipinski definition) is 2. The number of carboxylic acids is 1. The van der Waals surface area contributed by atoms with Crippen molar-refractivity contribution in [3.63, 3.8) is 0 Å². The SMILES string of the molecule is CCCCN(CCCC)c1cccc(CCc2ccc(Nc3ccccc3C(=O)O)cc2)c1.Cl. The predicted octanol–water partition coefficient (Wildman–Crippen LogP) is 7.74. The first-order chi connectivity index (χ1) is 16.1. The van der Waals surface area contributed by atoms with E-state index in [1.54, 1.807) is 18.2 Å². The van der Waals surface area contributed by atoms with E-state index in [2.05, 4.69) is 60.5 Å². The second kappa shape index (κ2) is 14.3. The van der Waals surface area contributed by atoms with Crippen molar-refractivity contribution in [1.29, 1.82) is 0 Å². The number of anilines is 3. The van der Waals surface area contributed by atoms with Crippen LogP contribution < -0.4 is 10.2 Å². The molecule has 0 radical (unpaired) electrons. The van der Waals surface area contributed by atoms with Gasteiger partial charge in [0.1, 0.15) is 0 Å². The number of nitrogens with zero attached hydrogens (tertiary/aromatic N) is 1. The number of rotatable bonds is 13. The highest BCUT2D eigenvalue weighted by atomic mass is 35.5. The molecule has 5 heteroatoms. The van der Waals surface area contributed by atoms with Crippen LogP contribution >= 0.6 is 12.4 Å². The molecular weight excluding hydrogens is 444 g/mol.